The molecule has 0 saturated carbocycles. The molecule has 25 heavy (non-hydrogen) atoms. The summed E-state index contributed by atoms with van der Waals surface area (Å²) in [4.78, 5) is 21.8. The van der Waals surface area contributed by atoms with Gasteiger partial charge in [0.2, 0.25) is 0 Å². The number of nitrogens with zero attached hydrogens (tertiary/aromatic N) is 5. The predicted octanol–water partition coefficient (Wildman–Crippen LogP) is 2.91. The molecule has 2 heterocycles. The summed E-state index contributed by atoms with van der Waals surface area (Å²) in [6, 6.07) is 6.61. The summed E-state index contributed by atoms with van der Waals surface area (Å²) < 4.78 is 31.5. The second-order valence-corrected chi connectivity index (χ2v) is 5.41. The van der Waals surface area contributed by atoms with Gasteiger partial charge >= 0.3 is 6.55 Å². The molecule has 2 aromatic heterocycles. The minimum absolute atomic E-state index is 0.0270. The Morgan fingerprint density at radius 3 is 2.64 bits per heavy atom. The normalized spacial score (nSPS) is 11.1. The third kappa shape index (κ3) is 3.54. The molecular weight excluding hydrogens is 332 g/mol. The van der Waals surface area contributed by atoms with Crippen LogP contribution in [-0.4, -0.2) is 37.5 Å². The first-order valence-corrected chi connectivity index (χ1v) is 7.42. The second-order valence-electron chi connectivity index (χ2n) is 5.41. The highest BCUT2D eigenvalue weighted by molar-refractivity contribution is 5.94. The van der Waals surface area contributed by atoms with Crippen molar-refractivity contribution in [3.63, 3.8) is 0 Å². The number of imidazole rings is 1. The molecule has 0 spiro atoms. The van der Waals surface area contributed by atoms with E-state index < -0.39 is 6.55 Å². The number of benzene rings is 1. The zero-order valence-corrected chi connectivity index (χ0v) is 13.6. The maximum Gasteiger partial charge on any atom is 0.319 e. The zero-order chi connectivity index (χ0) is 18.0. The molecule has 0 atom stereocenters. The Morgan fingerprint density at radius 2 is 2.04 bits per heavy atom. The number of alkyl halides is 2. The van der Waals surface area contributed by atoms with Gasteiger partial charge in [0.25, 0.3) is 11.8 Å². The van der Waals surface area contributed by atoms with Gasteiger partial charge in [0, 0.05) is 30.6 Å². The van der Waals surface area contributed by atoms with Crippen molar-refractivity contribution in [2.45, 2.75) is 20.0 Å². The second kappa shape index (κ2) is 6.80. The van der Waals surface area contributed by atoms with Crippen molar-refractivity contribution in [1.82, 2.24) is 24.6 Å². The van der Waals surface area contributed by atoms with E-state index in [4.69, 9.17) is 4.52 Å². The SMILES string of the molecule is Cc1noc(-c2ccc(C(=O)N(C)Cc3nccn3C(F)F)cc2)n1. The first-order chi connectivity index (χ1) is 12.0. The highest BCUT2D eigenvalue weighted by Gasteiger charge is 2.17. The standard InChI is InChI=1S/C16H15F2N5O2/c1-10-20-14(25-21-10)11-3-5-12(6-4-11)15(24)22(2)9-13-19-7-8-23(13)16(17)18/h3-8,16H,9H2,1-2H3. The fourth-order valence-electron chi connectivity index (χ4n) is 2.32. The first kappa shape index (κ1) is 16.7. The molecule has 0 fully saturated rings. The summed E-state index contributed by atoms with van der Waals surface area (Å²) in [6.07, 6.45) is 2.46. The summed E-state index contributed by atoms with van der Waals surface area (Å²) in [7, 11) is 1.53. The lowest BCUT2D eigenvalue weighted by atomic mass is 10.1. The number of aryl methyl sites for hydroxylation is 1. The quantitative estimate of drug-likeness (QED) is 0.709. The monoisotopic (exact) mass is 347 g/mol. The van der Waals surface area contributed by atoms with Crippen LogP contribution in [0.3, 0.4) is 0 Å². The van der Waals surface area contributed by atoms with Crippen LogP contribution in [0.2, 0.25) is 0 Å². The van der Waals surface area contributed by atoms with Gasteiger partial charge in [-0.05, 0) is 31.2 Å². The third-order valence-electron chi connectivity index (χ3n) is 3.59. The zero-order valence-electron chi connectivity index (χ0n) is 13.6. The molecule has 0 saturated heterocycles. The molecule has 1 aromatic carbocycles. The van der Waals surface area contributed by atoms with Crippen molar-refractivity contribution in [1.29, 1.82) is 0 Å². The van der Waals surface area contributed by atoms with Crippen LogP contribution in [-0.2, 0) is 6.54 Å². The molecular formula is C16H15F2N5O2. The lowest BCUT2D eigenvalue weighted by Gasteiger charge is -2.17. The van der Waals surface area contributed by atoms with Crippen LogP contribution in [0.25, 0.3) is 11.5 Å². The van der Waals surface area contributed by atoms with Gasteiger partial charge in [0.1, 0.15) is 5.82 Å². The molecule has 3 rings (SSSR count). The minimum Gasteiger partial charge on any atom is -0.334 e. The predicted molar refractivity (Wildman–Crippen MR) is 83.7 cm³/mol. The van der Waals surface area contributed by atoms with Crippen LogP contribution in [0.1, 0.15) is 28.6 Å². The van der Waals surface area contributed by atoms with E-state index in [9.17, 15) is 13.6 Å². The molecule has 0 aliphatic carbocycles. The molecule has 9 heteroatoms. The van der Waals surface area contributed by atoms with Gasteiger partial charge in [0.05, 0.1) is 6.54 Å². The average Bonchev–Trinajstić information content (AvgIpc) is 3.23. The Morgan fingerprint density at radius 1 is 1.32 bits per heavy atom. The van der Waals surface area contributed by atoms with Crippen LogP contribution in [0.15, 0.2) is 41.2 Å². The van der Waals surface area contributed by atoms with Crippen molar-refractivity contribution < 1.29 is 18.1 Å². The van der Waals surface area contributed by atoms with Crippen LogP contribution >= 0.6 is 0 Å². The number of carbonyl (C=O) groups is 1. The fraction of sp³-hybridized carbons (Fsp3) is 0.250. The van der Waals surface area contributed by atoms with E-state index in [1.54, 1.807) is 31.2 Å². The van der Waals surface area contributed by atoms with E-state index in [0.29, 0.717) is 22.8 Å². The van der Waals surface area contributed by atoms with Gasteiger partial charge in [-0.15, -0.1) is 0 Å². The number of rotatable bonds is 5. The van der Waals surface area contributed by atoms with Crippen molar-refractivity contribution in [3.8, 4) is 11.5 Å². The first-order valence-electron chi connectivity index (χ1n) is 7.42. The maximum absolute atomic E-state index is 12.8. The highest BCUT2D eigenvalue weighted by atomic mass is 19.3. The van der Waals surface area contributed by atoms with E-state index >= 15 is 0 Å². The smallest absolute Gasteiger partial charge is 0.319 e. The van der Waals surface area contributed by atoms with Gasteiger partial charge in [-0.3, -0.25) is 9.36 Å². The van der Waals surface area contributed by atoms with Crippen LogP contribution in [0.5, 0.6) is 0 Å². The average molecular weight is 347 g/mol. The summed E-state index contributed by atoms with van der Waals surface area (Å²) in [5, 5.41) is 3.71. The number of hydrogen-bond acceptors (Lipinski definition) is 5. The summed E-state index contributed by atoms with van der Waals surface area (Å²) in [6.45, 7) is -1.01. The Bertz CT molecular complexity index is 873. The Hall–Kier alpha value is -3.10. The van der Waals surface area contributed by atoms with Crippen molar-refractivity contribution >= 4 is 5.91 Å². The number of amides is 1. The highest BCUT2D eigenvalue weighted by Crippen LogP contribution is 2.19. The lowest BCUT2D eigenvalue weighted by Crippen LogP contribution is -2.27. The summed E-state index contributed by atoms with van der Waals surface area (Å²) >= 11 is 0. The van der Waals surface area contributed by atoms with E-state index in [1.807, 2.05) is 0 Å². The topological polar surface area (TPSA) is 77.0 Å². The van der Waals surface area contributed by atoms with E-state index in [0.717, 1.165) is 4.57 Å². The van der Waals surface area contributed by atoms with Gasteiger partial charge in [-0.2, -0.15) is 13.8 Å². The molecule has 0 aliphatic heterocycles. The molecule has 7 nitrogen and oxygen atoms in total. The number of carbonyl (C=O) groups excluding carboxylic acids is 1. The Balaban J connectivity index is 1.72. The molecule has 0 bridgehead atoms. The fourth-order valence-corrected chi connectivity index (χ4v) is 2.32. The molecule has 0 radical (unpaired) electrons. The van der Waals surface area contributed by atoms with Crippen molar-refractivity contribution in [2.24, 2.45) is 0 Å². The Labute approximate surface area is 141 Å². The van der Waals surface area contributed by atoms with Crippen LogP contribution in [0.4, 0.5) is 8.78 Å². The van der Waals surface area contributed by atoms with Gasteiger partial charge in [-0.25, -0.2) is 4.98 Å². The van der Waals surface area contributed by atoms with Crippen molar-refractivity contribution in [3.05, 3.63) is 53.9 Å². The van der Waals surface area contributed by atoms with E-state index in [1.165, 1.54) is 24.3 Å². The van der Waals surface area contributed by atoms with Crippen molar-refractivity contribution in [2.75, 3.05) is 7.05 Å². The third-order valence-corrected chi connectivity index (χ3v) is 3.59. The molecule has 0 N–H and O–H groups in total. The largest absolute Gasteiger partial charge is 0.334 e. The van der Waals surface area contributed by atoms with Crippen LogP contribution < -0.4 is 0 Å². The van der Waals surface area contributed by atoms with E-state index in [2.05, 4.69) is 15.1 Å². The molecule has 1 amide bonds. The maximum atomic E-state index is 12.8. The molecule has 3 aromatic rings. The minimum atomic E-state index is -2.70. The van der Waals surface area contributed by atoms with Crippen LogP contribution in [0, 0.1) is 6.92 Å². The van der Waals surface area contributed by atoms with Gasteiger partial charge in [0.15, 0.2) is 5.82 Å². The number of halogens is 2. The van der Waals surface area contributed by atoms with Gasteiger partial charge in [-0.1, -0.05) is 5.16 Å². The molecule has 0 aliphatic rings. The summed E-state index contributed by atoms with van der Waals surface area (Å²) in [5.74, 6) is 0.689. The molecule has 0 unspecified atom stereocenters. The van der Waals surface area contributed by atoms with Gasteiger partial charge < -0.3 is 9.42 Å². The lowest BCUT2D eigenvalue weighted by molar-refractivity contribution is 0.0612. The number of aromatic nitrogens is 4. The summed E-state index contributed by atoms with van der Waals surface area (Å²) in [5.41, 5.74) is 1.10. The number of hydrogen-bond donors (Lipinski definition) is 0. The molecule has 130 valence electrons. The van der Waals surface area contributed by atoms with E-state index in [-0.39, 0.29) is 18.3 Å². The Kier molecular flexibility index (Phi) is 4.55.